The third kappa shape index (κ3) is 4.71. The van der Waals surface area contributed by atoms with E-state index in [4.69, 9.17) is 11.6 Å². The Morgan fingerprint density at radius 1 is 1.03 bits per heavy atom. The van der Waals surface area contributed by atoms with Gasteiger partial charge in [-0.05, 0) is 73.5 Å². The topological polar surface area (TPSA) is 88.2 Å². The highest BCUT2D eigenvalue weighted by Gasteiger charge is 2.16. The number of nitrogens with zero attached hydrogens (tertiary/aromatic N) is 1. The molecule has 0 saturated heterocycles. The van der Waals surface area contributed by atoms with Crippen LogP contribution < -0.4 is 10.0 Å². The molecule has 0 radical (unpaired) electrons. The maximum absolute atomic E-state index is 12.7. The largest absolute Gasteiger partial charge is 0.298 e. The summed E-state index contributed by atoms with van der Waals surface area (Å²) < 4.78 is 28.6. The second-order valence-electron chi connectivity index (χ2n) is 7.04. The smallest absolute Gasteiger partial charge is 0.261 e. The van der Waals surface area contributed by atoms with Crippen LogP contribution in [-0.4, -0.2) is 19.3 Å². The van der Waals surface area contributed by atoms with E-state index in [2.05, 4.69) is 15.0 Å². The average molecular weight is 472 g/mol. The molecule has 0 atom stereocenters. The third-order valence-corrected chi connectivity index (χ3v) is 7.12. The summed E-state index contributed by atoms with van der Waals surface area (Å²) in [6.45, 7) is 4.00. The van der Waals surface area contributed by atoms with Gasteiger partial charge >= 0.3 is 0 Å². The lowest BCUT2D eigenvalue weighted by molar-refractivity contribution is 0.102. The Hall–Kier alpha value is -2.94. The second kappa shape index (κ2) is 8.30. The van der Waals surface area contributed by atoms with Crippen LogP contribution in [0.3, 0.4) is 0 Å². The van der Waals surface area contributed by atoms with Gasteiger partial charge in [0.05, 0.1) is 15.1 Å². The van der Waals surface area contributed by atoms with E-state index < -0.39 is 10.0 Å². The van der Waals surface area contributed by atoms with Gasteiger partial charge in [-0.1, -0.05) is 35.1 Å². The summed E-state index contributed by atoms with van der Waals surface area (Å²) in [4.78, 5) is 17.3. The van der Waals surface area contributed by atoms with Crippen molar-refractivity contribution in [2.24, 2.45) is 0 Å². The van der Waals surface area contributed by atoms with Crippen molar-refractivity contribution in [1.82, 2.24) is 4.98 Å². The Morgan fingerprint density at radius 3 is 2.52 bits per heavy atom. The van der Waals surface area contributed by atoms with Crippen LogP contribution in [0, 0.1) is 13.8 Å². The van der Waals surface area contributed by atoms with E-state index in [1.807, 2.05) is 26.0 Å². The fourth-order valence-corrected chi connectivity index (χ4v) is 5.36. The van der Waals surface area contributed by atoms with Crippen molar-refractivity contribution in [2.45, 2.75) is 18.7 Å². The summed E-state index contributed by atoms with van der Waals surface area (Å²) in [5.74, 6) is -0.374. The minimum atomic E-state index is -3.81. The Morgan fingerprint density at radius 2 is 1.77 bits per heavy atom. The molecule has 0 spiro atoms. The van der Waals surface area contributed by atoms with Crippen molar-refractivity contribution in [3.05, 3.63) is 82.4 Å². The Labute approximate surface area is 189 Å². The molecule has 158 valence electrons. The quantitative estimate of drug-likeness (QED) is 0.395. The van der Waals surface area contributed by atoms with Crippen molar-refractivity contribution in [1.29, 1.82) is 0 Å². The number of anilines is 2. The zero-order valence-electron chi connectivity index (χ0n) is 16.6. The fraction of sp³-hybridized carbons (Fsp3) is 0.0909. The van der Waals surface area contributed by atoms with E-state index in [0.29, 0.717) is 15.7 Å². The van der Waals surface area contributed by atoms with Gasteiger partial charge in [0.15, 0.2) is 5.13 Å². The molecule has 31 heavy (non-hydrogen) atoms. The van der Waals surface area contributed by atoms with Gasteiger partial charge in [-0.2, -0.15) is 0 Å². The lowest BCUT2D eigenvalue weighted by Crippen LogP contribution is -2.15. The normalized spacial score (nSPS) is 11.5. The molecular formula is C22H18ClN3O3S2. The van der Waals surface area contributed by atoms with Gasteiger partial charge in [0, 0.05) is 16.3 Å². The number of carbonyl (C=O) groups is 1. The number of carbonyl (C=O) groups excluding carboxylic acids is 1. The number of halogens is 1. The third-order valence-electron chi connectivity index (χ3n) is 4.55. The number of thiazole rings is 1. The van der Waals surface area contributed by atoms with Gasteiger partial charge in [-0.25, -0.2) is 13.4 Å². The highest BCUT2D eigenvalue weighted by molar-refractivity contribution is 7.92. The van der Waals surface area contributed by atoms with Gasteiger partial charge in [0.2, 0.25) is 0 Å². The Kier molecular flexibility index (Phi) is 5.70. The standard InChI is InChI=1S/C22H18ClN3O3S2/c1-13-10-14(2)20-19(11-13)30-22(24-20)25-21(27)15-4-3-5-17(12-15)26-31(28,29)18-8-6-16(23)7-9-18/h3-12,26H,1-2H3,(H,24,25,27). The zero-order valence-corrected chi connectivity index (χ0v) is 19.0. The van der Waals surface area contributed by atoms with E-state index in [1.54, 1.807) is 18.2 Å². The molecule has 0 aliphatic rings. The van der Waals surface area contributed by atoms with Crippen molar-refractivity contribution >= 4 is 59.9 Å². The molecule has 1 heterocycles. The van der Waals surface area contributed by atoms with E-state index >= 15 is 0 Å². The molecule has 3 aromatic carbocycles. The van der Waals surface area contributed by atoms with E-state index in [9.17, 15) is 13.2 Å². The molecule has 0 unspecified atom stereocenters. The van der Waals surface area contributed by atoms with Crippen LogP contribution in [0.1, 0.15) is 21.5 Å². The molecule has 4 aromatic rings. The fourth-order valence-electron chi connectivity index (χ4n) is 3.15. The first-order chi connectivity index (χ1) is 14.7. The molecule has 6 nitrogen and oxygen atoms in total. The number of fused-ring (bicyclic) bond motifs is 1. The SMILES string of the molecule is Cc1cc(C)c2nc(NC(=O)c3cccc(NS(=O)(=O)c4ccc(Cl)cc4)c3)sc2c1. The molecule has 2 N–H and O–H groups in total. The van der Waals surface area contributed by atoms with Crippen LogP contribution in [0.4, 0.5) is 10.8 Å². The Balaban J connectivity index is 1.54. The maximum atomic E-state index is 12.7. The first-order valence-corrected chi connectivity index (χ1v) is 12.0. The van der Waals surface area contributed by atoms with Gasteiger partial charge in [0.25, 0.3) is 15.9 Å². The first kappa shape index (κ1) is 21.3. The van der Waals surface area contributed by atoms with Crippen LogP contribution >= 0.6 is 22.9 Å². The van der Waals surface area contributed by atoms with Crippen molar-refractivity contribution in [3.8, 4) is 0 Å². The molecule has 0 aliphatic heterocycles. The number of aryl methyl sites for hydroxylation is 2. The predicted molar refractivity (Wildman–Crippen MR) is 126 cm³/mol. The summed E-state index contributed by atoms with van der Waals surface area (Å²) in [5.41, 5.74) is 3.62. The monoisotopic (exact) mass is 471 g/mol. The van der Waals surface area contributed by atoms with E-state index in [-0.39, 0.29) is 16.5 Å². The summed E-state index contributed by atoms with van der Waals surface area (Å²) in [7, 11) is -3.81. The summed E-state index contributed by atoms with van der Waals surface area (Å²) in [6.07, 6.45) is 0. The van der Waals surface area contributed by atoms with Crippen LogP contribution in [0.2, 0.25) is 5.02 Å². The second-order valence-corrected chi connectivity index (χ2v) is 10.2. The number of nitrogens with one attached hydrogen (secondary N) is 2. The number of hydrogen-bond donors (Lipinski definition) is 2. The van der Waals surface area contributed by atoms with Gasteiger partial charge in [0.1, 0.15) is 0 Å². The minimum absolute atomic E-state index is 0.0758. The molecule has 0 aliphatic carbocycles. The number of aromatic nitrogens is 1. The molecule has 1 aromatic heterocycles. The lowest BCUT2D eigenvalue weighted by Gasteiger charge is -2.09. The molecule has 0 fully saturated rings. The first-order valence-electron chi connectivity index (χ1n) is 9.29. The molecule has 0 bridgehead atoms. The van der Waals surface area contributed by atoms with Crippen molar-refractivity contribution in [2.75, 3.05) is 10.0 Å². The number of sulfonamides is 1. The maximum Gasteiger partial charge on any atom is 0.261 e. The number of benzene rings is 3. The number of amides is 1. The highest BCUT2D eigenvalue weighted by atomic mass is 35.5. The summed E-state index contributed by atoms with van der Waals surface area (Å²) >= 11 is 7.22. The minimum Gasteiger partial charge on any atom is -0.298 e. The number of hydrogen-bond acceptors (Lipinski definition) is 5. The van der Waals surface area contributed by atoms with Gasteiger partial charge in [-0.15, -0.1) is 0 Å². The van der Waals surface area contributed by atoms with Crippen LogP contribution in [0.5, 0.6) is 0 Å². The van der Waals surface area contributed by atoms with Crippen molar-refractivity contribution < 1.29 is 13.2 Å². The average Bonchev–Trinajstić information content (AvgIpc) is 3.10. The van der Waals surface area contributed by atoms with Gasteiger partial charge in [-0.3, -0.25) is 14.8 Å². The molecule has 0 saturated carbocycles. The molecular weight excluding hydrogens is 454 g/mol. The van der Waals surface area contributed by atoms with Crippen LogP contribution in [-0.2, 0) is 10.0 Å². The van der Waals surface area contributed by atoms with Crippen LogP contribution in [0.25, 0.3) is 10.2 Å². The lowest BCUT2D eigenvalue weighted by atomic mass is 10.1. The van der Waals surface area contributed by atoms with E-state index in [0.717, 1.165) is 21.3 Å². The molecule has 4 rings (SSSR count). The summed E-state index contributed by atoms with van der Waals surface area (Å²) in [5, 5.41) is 3.73. The molecule has 1 amide bonds. The Bertz CT molecular complexity index is 1400. The predicted octanol–water partition coefficient (Wildman–Crippen LogP) is 5.62. The zero-order chi connectivity index (χ0) is 22.2. The van der Waals surface area contributed by atoms with Gasteiger partial charge < -0.3 is 0 Å². The molecule has 9 heteroatoms. The highest BCUT2D eigenvalue weighted by Crippen LogP contribution is 2.29. The van der Waals surface area contributed by atoms with Crippen LogP contribution in [0.15, 0.2) is 65.6 Å². The van der Waals surface area contributed by atoms with Crippen molar-refractivity contribution in [3.63, 3.8) is 0 Å². The van der Waals surface area contributed by atoms with E-state index in [1.165, 1.54) is 41.7 Å². The number of rotatable bonds is 5. The summed E-state index contributed by atoms with van der Waals surface area (Å²) in [6, 6.07) is 16.2.